The number of nitrogens with two attached hydrogens (primary N) is 1. The lowest BCUT2D eigenvalue weighted by Gasteiger charge is -2.34. The number of likely N-dealkylation sites (tertiary alicyclic amines) is 1. The van der Waals surface area contributed by atoms with Crippen molar-refractivity contribution in [3.8, 4) is 0 Å². The fourth-order valence-corrected chi connectivity index (χ4v) is 2.85. The Hall–Kier alpha value is -2.04. The Morgan fingerprint density at radius 3 is 2.70 bits per heavy atom. The van der Waals surface area contributed by atoms with Crippen LogP contribution in [0.5, 0.6) is 0 Å². The highest BCUT2D eigenvalue weighted by Gasteiger charge is 2.48. The van der Waals surface area contributed by atoms with Gasteiger partial charge in [-0.05, 0) is 43.9 Å². The van der Waals surface area contributed by atoms with Gasteiger partial charge >= 0.3 is 5.97 Å². The molecule has 2 rings (SSSR count). The van der Waals surface area contributed by atoms with Gasteiger partial charge in [-0.15, -0.1) is 0 Å². The van der Waals surface area contributed by atoms with Crippen molar-refractivity contribution in [2.24, 2.45) is 0 Å². The second-order valence-corrected chi connectivity index (χ2v) is 5.32. The fraction of sp³-hybridized carbons (Fsp3) is 0.467. The summed E-state index contributed by atoms with van der Waals surface area (Å²) in [6.07, 6.45) is 1.63. The molecule has 20 heavy (non-hydrogen) atoms. The molecule has 0 aromatic heterocycles. The molecule has 1 amide bonds. The first-order chi connectivity index (χ1) is 9.42. The second-order valence-electron chi connectivity index (χ2n) is 5.32. The largest absolute Gasteiger partial charge is 0.479 e. The summed E-state index contributed by atoms with van der Waals surface area (Å²) < 4.78 is 0. The molecule has 0 spiro atoms. The summed E-state index contributed by atoms with van der Waals surface area (Å²) in [6.45, 7) is 4.16. The van der Waals surface area contributed by atoms with E-state index in [2.05, 4.69) is 0 Å². The van der Waals surface area contributed by atoms with Gasteiger partial charge in [0, 0.05) is 17.8 Å². The molecule has 1 atom stereocenters. The summed E-state index contributed by atoms with van der Waals surface area (Å²) in [5.74, 6) is -1.18. The quantitative estimate of drug-likeness (QED) is 0.827. The van der Waals surface area contributed by atoms with Crippen molar-refractivity contribution in [3.05, 3.63) is 29.3 Å². The molecule has 108 valence electrons. The minimum absolute atomic E-state index is 0.251. The van der Waals surface area contributed by atoms with Crippen molar-refractivity contribution < 1.29 is 14.7 Å². The van der Waals surface area contributed by atoms with Crippen LogP contribution in [0.25, 0.3) is 0 Å². The molecule has 0 radical (unpaired) electrons. The third-order valence-electron chi connectivity index (χ3n) is 4.24. The fourth-order valence-electron chi connectivity index (χ4n) is 2.85. The topological polar surface area (TPSA) is 83.6 Å². The maximum atomic E-state index is 12.6. The molecule has 0 aliphatic carbocycles. The normalized spacial score (nSPS) is 22.0. The lowest BCUT2D eigenvalue weighted by atomic mass is 9.92. The summed E-state index contributed by atoms with van der Waals surface area (Å²) >= 11 is 0. The number of rotatable bonds is 3. The highest BCUT2D eigenvalue weighted by atomic mass is 16.4. The maximum absolute atomic E-state index is 12.6. The van der Waals surface area contributed by atoms with E-state index in [0.29, 0.717) is 37.1 Å². The minimum atomic E-state index is -1.07. The Kier molecular flexibility index (Phi) is 3.70. The van der Waals surface area contributed by atoms with Gasteiger partial charge in [-0.2, -0.15) is 0 Å². The van der Waals surface area contributed by atoms with E-state index >= 15 is 0 Å². The first-order valence-electron chi connectivity index (χ1n) is 6.84. The molecule has 1 aliphatic heterocycles. The van der Waals surface area contributed by atoms with Gasteiger partial charge in [-0.1, -0.05) is 13.0 Å². The molecule has 3 N–H and O–H groups in total. The molecule has 1 unspecified atom stereocenters. The predicted molar refractivity (Wildman–Crippen MR) is 76.5 cm³/mol. The molecule has 1 aromatic rings. The number of anilines is 1. The highest BCUT2D eigenvalue weighted by Crippen LogP contribution is 2.34. The van der Waals surface area contributed by atoms with Crippen molar-refractivity contribution in [2.45, 2.75) is 38.6 Å². The van der Waals surface area contributed by atoms with E-state index in [1.54, 1.807) is 18.2 Å². The number of aryl methyl sites for hydroxylation is 1. The molecule has 5 heteroatoms. The number of nitrogens with zero attached hydrogens (tertiary/aromatic N) is 1. The summed E-state index contributed by atoms with van der Waals surface area (Å²) in [5, 5.41) is 9.51. The van der Waals surface area contributed by atoms with E-state index in [1.165, 1.54) is 4.90 Å². The van der Waals surface area contributed by atoms with Crippen molar-refractivity contribution >= 4 is 17.6 Å². The van der Waals surface area contributed by atoms with Gasteiger partial charge in [-0.25, -0.2) is 4.79 Å². The molecular formula is C15H20N2O3. The van der Waals surface area contributed by atoms with Crippen LogP contribution in [0.1, 0.15) is 42.1 Å². The van der Waals surface area contributed by atoms with Crippen LogP contribution >= 0.6 is 0 Å². The molecular weight excluding hydrogens is 256 g/mol. The van der Waals surface area contributed by atoms with E-state index in [0.717, 1.165) is 5.56 Å². The molecule has 5 nitrogen and oxygen atoms in total. The van der Waals surface area contributed by atoms with Gasteiger partial charge in [0.1, 0.15) is 5.54 Å². The molecule has 1 saturated heterocycles. The average Bonchev–Trinajstić information content (AvgIpc) is 2.86. The molecule has 1 heterocycles. The Morgan fingerprint density at radius 2 is 2.15 bits per heavy atom. The van der Waals surface area contributed by atoms with Crippen LogP contribution in [0.4, 0.5) is 5.69 Å². The van der Waals surface area contributed by atoms with Gasteiger partial charge < -0.3 is 15.7 Å². The first-order valence-corrected chi connectivity index (χ1v) is 6.84. The lowest BCUT2D eigenvalue weighted by Crippen LogP contribution is -2.52. The van der Waals surface area contributed by atoms with E-state index < -0.39 is 11.5 Å². The Labute approximate surface area is 118 Å². The zero-order chi connectivity index (χ0) is 14.9. The highest BCUT2D eigenvalue weighted by molar-refractivity contribution is 5.99. The summed E-state index contributed by atoms with van der Waals surface area (Å²) in [5.41, 5.74) is 6.66. The number of carboxylic acids is 1. The van der Waals surface area contributed by atoms with Crippen LogP contribution in [-0.2, 0) is 4.79 Å². The molecule has 0 saturated carbocycles. The third kappa shape index (κ3) is 2.13. The number of nitrogen functional groups attached to an aromatic ring is 1. The zero-order valence-electron chi connectivity index (χ0n) is 11.8. The Balaban J connectivity index is 2.36. The molecule has 1 aromatic carbocycles. The van der Waals surface area contributed by atoms with Crippen LogP contribution < -0.4 is 5.73 Å². The molecule has 1 aliphatic rings. The maximum Gasteiger partial charge on any atom is 0.329 e. The van der Waals surface area contributed by atoms with E-state index in [9.17, 15) is 14.7 Å². The van der Waals surface area contributed by atoms with Crippen LogP contribution in [-0.4, -0.2) is 34.0 Å². The van der Waals surface area contributed by atoms with Crippen molar-refractivity contribution in [1.82, 2.24) is 4.90 Å². The van der Waals surface area contributed by atoms with Crippen LogP contribution in [0.2, 0.25) is 0 Å². The third-order valence-corrected chi connectivity index (χ3v) is 4.24. The van der Waals surface area contributed by atoms with E-state index in [-0.39, 0.29) is 5.91 Å². The average molecular weight is 276 g/mol. The standard InChI is InChI=1S/C15H20N2O3/c1-3-15(14(19)20)7-4-8-17(15)13(18)11-6-5-10(2)12(16)9-11/h5-6,9H,3-4,7-8,16H2,1-2H3,(H,19,20). The summed E-state index contributed by atoms with van der Waals surface area (Å²) in [6, 6.07) is 5.11. The number of carbonyl (C=O) groups is 2. The van der Waals surface area contributed by atoms with Gasteiger partial charge in [0.05, 0.1) is 0 Å². The number of carboxylic acid groups (broad SMARTS) is 1. The van der Waals surface area contributed by atoms with Gasteiger partial charge in [-0.3, -0.25) is 4.79 Å². The number of amides is 1. The predicted octanol–water partition coefficient (Wildman–Crippen LogP) is 2.05. The number of benzene rings is 1. The summed E-state index contributed by atoms with van der Waals surface area (Å²) in [7, 11) is 0. The number of carbonyl (C=O) groups excluding carboxylic acids is 1. The van der Waals surface area contributed by atoms with E-state index in [1.807, 2.05) is 13.8 Å². The number of hydrogen-bond acceptors (Lipinski definition) is 3. The molecule has 0 bridgehead atoms. The van der Waals surface area contributed by atoms with Crippen LogP contribution in [0.3, 0.4) is 0 Å². The smallest absolute Gasteiger partial charge is 0.329 e. The molecule has 1 fully saturated rings. The second kappa shape index (κ2) is 5.15. The first kappa shape index (κ1) is 14.4. The lowest BCUT2D eigenvalue weighted by molar-refractivity contribution is -0.148. The summed E-state index contributed by atoms with van der Waals surface area (Å²) in [4.78, 5) is 25.7. The van der Waals surface area contributed by atoms with Crippen molar-refractivity contribution in [2.75, 3.05) is 12.3 Å². The van der Waals surface area contributed by atoms with Gasteiger partial charge in [0.2, 0.25) is 0 Å². The van der Waals surface area contributed by atoms with Crippen molar-refractivity contribution in [1.29, 1.82) is 0 Å². The minimum Gasteiger partial charge on any atom is -0.479 e. The monoisotopic (exact) mass is 276 g/mol. The Morgan fingerprint density at radius 1 is 1.45 bits per heavy atom. The SMILES string of the molecule is CCC1(C(=O)O)CCCN1C(=O)c1ccc(C)c(N)c1. The van der Waals surface area contributed by atoms with Crippen molar-refractivity contribution in [3.63, 3.8) is 0 Å². The zero-order valence-corrected chi connectivity index (χ0v) is 11.8. The van der Waals surface area contributed by atoms with Gasteiger partial charge in [0.15, 0.2) is 0 Å². The van der Waals surface area contributed by atoms with Gasteiger partial charge in [0.25, 0.3) is 5.91 Å². The van der Waals surface area contributed by atoms with Crippen LogP contribution in [0.15, 0.2) is 18.2 Å². The number of aliphatic carboxylic acids is 1. The Bertz CT molecular complexity index is 556. The number of hydrogen-bond donors (Lipinski definition) is 2. The van der Waals surface area contributed by atoms with Crippen LogP contribution in [0, 0.1) is 6.92 Å². The van der Waals surface area contributed by atoms with E-state index in [4.69, 9.17) is 5.73 Å².